The third-order valence-corrected chi connectivity index (χ3v) is 3.56. The van der Waals surface area contributed by atoms with Gasteiger partial charge in [-0.15, -0.1) is 0 Å². The van der Waals surface area contributed by atoms with Gasteiger partial charge in [0.05, 0.1) is 6.61 Å². The van der Waals surface area contributed by atoms with E-state index in [1.807, 2.05) is 0 Å². The topological polar surface area (TPSA) is 24.5 Å². The fraction of sp³-hybridized carbons (Fsp3) is 1.00. The van der Waals surface area contributed by atoms with Gasteiger partial charge in [-0.1, -0.05) is 20.8 Å². The molecule has 0 spiro atoms. The molecule has 0 aliphatic heterocycles. The van der Waals surface area contributed by atoms with Gasteiger partial charge in [-0.2, -0.15) is 0 Å². The van der Waals surface area contributed by atoms with E-state index in [2.05, 4.69) is 51.8 Å². The van der Waals surface area contributed by atoms with Gasteiger partial charge in [-0.25, -0.2) is 0 Å². The standard InChI is InChI=1S/C14H32N2O/c1-7-11-15-13(12-17-10-4)14(5,6)16(8-2)9-3/h13,15H,7-12H2,1-6H3. The Labute approximate surface area is 108 Å². The molecular weight excluding hydrogens is 212 g/mol. The number of hydrogen-bond acceptors (Lipinski definition) is 3. The summed E-state index contributed by atoms with van der Waals surface area (Å²) in [5.41, 5.74) is 0.133. The second-order valence-corrected chi connectivity index (χ2v) is 4.99. The SMILES string of the molecule is CCCNC(COCC)C(C)(C)N(CC)CC. The van der Waals surface area contributed by atoms with Gasteiger partial charge in [-0.3, -0.25) is 4.90 Å². The van der Waals surface area contributed by atoms with Crippen LogP contribution in [0.5, 0.6) is 0 Å². The van der Waals surface area contributed by atoms with E-state index in [1.165, 1.54) is 0 Å². The van der Waals surface area contributed by atoms with Crippen molar-refractivity contribution in [3.63, 3.8) is 0 Å². The maximum atomic E-state index is 5.63. The second kappa shape index (κ2) is 8.90. The van der Waals surface area contributed by atoms with Crippen LogP contribution in [0.1, 0.15) is 48.0 Å². The van der Waals surface area contributed by atoms with Gasteiger partial charge < -0.3 is 10.1 Å². The van der Waals surface area contributed by atoms with Gasteiger partial charge in [0.1, 0.15) is 0 Å². The van der Waals surface area contributed by atoms with Crippen molar-refractivity contribution in [1.82, 2.24) is 10.2 Å². The Kier molecular flexibility index (Phi) is 8.83. The third-order valence-electron chi connectivity index (χ3n) is 3.56. The molecule has 0 radical (unpaired) electrons. The van der Waals surface area contributed by atoms with Crippen LogP contribution in [0, 0.1) is 0 Å². The normalized spacial score (nSPS) is 14.3. The number of rotatable bonds is 10. The number of hydrogen-bond donors (Lipinski definition) is 1. The molecule has 3 heteroatoms. The minimum Gasteiger partial charge on any atom is -0.380 e. The molecule has 0 saturated carbocycles. The number of nitrogens with zero attached hydrogens (tertiary/aromatic N) is 1. The summed E-state index contributed by atoms with van der Waals surface area (Å²) in [6, 6.07) is 0.391. The van der Waals surface area contributed by atoms with Crippen molar-refractivity contribution in [2.45, 2.75) is 59.5 Å². The largest absolute Gasteiger partial charge is 0.380 e. The van der Waals surface area contributed by atoms with Crippen LogP contribution >= 0.6 is 0 Å². The maximum absolute atomic E-state index is 5.63. The van der Waals surface area contributed by atoms with Crippen molar-refractivity contribution in [2.75, 3.05) is 32.8 Å². The van der Waals surface area contributed by atoms with E-state index in [1.54, 1.807) is 0 Å². The molecule has 3 nitrogen and oxygen atoms in total. The first-order valence-electron chi connectivity index (χ1n) is 7.10. The van der Waals surface area contributed by atoms with Crippen molar-refractivity contribution < 1.29 is 4.74 Å². The first kappa shape index (κ1) is 16.9. The molecule has 0 aliphatic carbocycles. The molecule has 1 unspecified atom stereocenters. The summed E-state index contributed by atoms with van der Waals surface area (Å²) in [6.45, 7) is 18.1. The van der Waals surface area contributed by atoms with E-state index in [-0.39, 0.29) is 5.54 Å². The molecule has 0 rings (SSSR count). The molecule has 1 atom stereocenters. The summed E-state index contributed by atoms with van der Waals surface area (Å²) in [7, 11) is 0. The molecule has 104 valence electrons. The molecule has 17 heavy (non-hydrogen) atoms. The van der Waals surface area contributed by atoms with Crippen molar-refractivity contribution in [2.24, 2.45) is 0 Å². The molecule has 0 saturated heterocycles. The Morgan fingerprint density at radius 3 is 2.12 bits per heavy atom. The van der Waals surface area contributed by atoms with Crippen molar-refractivity contribution in [3.8, 4) is 0 Å². The van der Waals surface area contributed by atoms with Gasteiger partial charge in [0.2, 0.25) is 0 Å². The number of nitrogens with one attached hydrogen (secondary N) is 1. The second-order valence-electron chi connectivity index (χ2n) is 4.99. The molecule has 0 aromatic rings. The van der Waals surface area contributed by atoms with Crippen LogP contribution in [0.2, 0.25) is 0 Å². The molecular formula is C14H32N2O. The zero-order valence-corrected chi connectivity index (χ0v) is 12.7. The summed E-state index contributed by atoms with van der Waals surface area (Å²) < 4.78 is 5.63. The summed E-state index contributed by atoms with van der Waals surface area (Å²) in [5, 5.41) is 3.63. The lowest BCUT2D eigenvalue weighted by molar-refractivity contribution is 0.0337. The van der Waals surface area contributed by atoms with E-state index in [4.69, 9.17) is 4.74 Å². The summed E-state index contributed by atoms with van der Waals surface area (Å²) in [6.07, 6.45) is 1.16. The molecule has 0 amide bonds. The van der Waals surface area contributed by atoms with Crippen LogP contribution in [0.4, 0.5) is 0 Å². The van der Waals surface area contributed by atoms with Crippen molar-refractivity contribution in [3.05, 3.63) is 0 Å². The van der Waals surface area contributed by atoms with Gasteiger partial charge in [0, 0.05) is 18.2 Å². The first-order valence-corrected chi connectivity index (χ1v) is 7.10. The van der Waals surface area contributed by atoms with E-state index in [9.17, 15) is 0 Å². The average Bonchev–Trinajstić information content (AvgIpc) is 2.30. The van der Waals surface area contributed by atoms with Crippen LogP contribution < -0.4 is 5.32 Å². The van der Waals surface area contributed by atoms with Crippen LogP contribution in [-0.4, -0.2) is 49.3 Å². The molecule has 1 N–H and O–H groups in total. The molecule has 0 heterocycles. The Hall–Kier alpha value is -0.120. The third kappa shape index (κ3) is 5.36. The van der Waals surface area contributed by atoms with E-state index < -0.39 is 0 Å². The zero-order valence-electron chi connectivity index (χ0n) is 12.7. The number of likely N-dealkylation sites (N-methyl/N-ethyl adjacent to an activating group) is 1. The highest BCUT2D eigenvalue weighted by Gasteiger charge is 2.33. The van der Waals surface area contributed by atoms with Crippen molar-refractivity contribution >= 4 is 0 Å². The fourth-order valence-electron chi connectivity index (χ4n) is 2.33. The maximum Gasteiger partial charge on any atom is 0.0637 e. The predicted octanol–water partition coefficient (Wildman–Crippen LogP) is 2.51. The molecule has 0 aromatic carbocycles. The Morgan fingerprint density at radius 1 is 1.12 bits per heavy atom. The molecule has 0 aliphatic rings. The number of ether oxygens (including phenoxy) is 1. The van der Waals surface area contributed by atoms with Gasteiger partial charge in [0.25, 0.3) is 0 Å². The van der Waals surface area contributed by atoms with Crippen LogP contribution in [0.3, 0.4) is 0 Å². The monoisotopic (exact) mass is 244 g/mol. The predicted molar refractivity (Wildman–Crippen MR) is 75.6 cm³/mol. The Bertz CT molecular complexity index is 171. The highest BCUT2D eigenvalue weighted by molar-refractivity contribution is 4.93. The van der Waals surface area contributed by atoms with E-state index in [0.717, 1.165) is 39.3 Å². The van der Waals surface area contributed by atoms with Crippen LogP contribution in [0.15, 0.2) is 0 Å². The van der Waals surface area contributed by atoms with E-state index in [0.29, 0.717) is 6.04 Å². The lowest BCUT2D eigenvalue weighted by Gasteiger charge is -2.43. The van der Waals surface area contributed by atoms with Crippen LogP contribution in [-0.2, 0) is 4.74 Å². The van der Waals surface area contributed by atoms with Gasteiger partial charge in [0.15, 0.2) is 0 Å². The highest BCUT2D eigenvalue weighted by Crippen LogP contribution is 2.19. The Morgan fingerprint density at radius 2 is 1.71 bits per heavy atom. The lowest BCUT2D eigenvalue weighted by atomic mass is 9.92. The first-order chi connectivity index (χ1) is 8.04. The smallest absolute Gasteiger partial charge is 0.0637 e. The minimum atomic E-state index is 0.133. The summed E-state index contributed by atoms with van der Waals surface area (Å²) in [4.78, 5) is 2.50. The fourth-order valence-corrected chi connectivity index (χ4v) is 2.33. The zero-order chi connectivity index (χ0) is 13.3. The molecule has 0 bridgehead atoms. The Balaban J connectivity index is 4.59. The molecule has 0 aromatic heterocycles. The van der Waals surface area contributed by atoms with Crippen molar-refractivity contribution in [1.29, 1.82) is 0 Å². The van der Waals surface area contributed by atoms with E-state index >= 15 is 0 Å². The van der Waals surface area contributed by atoms with Gasteiger partial charge >= 0.3 is 0 Å². The average molecular weight is 244 g/mol. The van der Waals surface area contributed by atoms with Gasteiger partial charge in [-0.05, 0) is 46.8 Å². The highest BCUT2D eigenvalue weighted by atomic mass is 16.5. The molecule has 0 fully saturated rings. The quantitative estimate of drug-likeness (QED) is 0.639. The lowest BCUT2D eigenvalue weighted by Crippen LogP contribution is -2.59. The minimum absolute atomic E-state index is 0.133. The summed E-state index contributed by atoms with van der Waals surface area (Å²) >= 11 is 0. The van der Waals surface area contributed by atoms with Crippen LogP contribution in [0.25, 0.3) is 0 Å². The summed E-state index contributed by atoms with van der Waals surface area (Å²) in [5.74, 6) is 0.